The molecule has 1 unspecified atom stereocenters. The van der Waals surface area contributed by atoms with Gasteiger partial charge in [-0.2, -0.15) is 0 Å². The van der Waals surface area contributed by atoms with Crippen LogP contribution in [-0.4, -0.2) is 44.6 Å². The Labute approximate surface area is 196 Å². The number of benzene rings is 1. The minimum Gasteiger partial charge on any atom is -0.340 e. The van der Waals surface area contributed by atoms with Gasteiger partial charge in [0.1, 0.15) is 0 Å². The fourth-order valence-electron chi connectivity index (χ4n) is 5.13. The summed E-state index contributed by atoms with van der Waals surface area (Å²) in [5.74, 6) is 0.422. The fraction of sp³-hybridized carbons (Fsp3) is 0.542. The van der Waals surface area contributed by atoms with Crippen LogP contribution < -0.4 is 10.5 Å². The molecule has 0 spiro atoms. The number of allylic oxidation sites excluding steroid dienone is 4. The van der Waals surface area contributed by atoms with E-state index in [2.05, 4.69) is 10.8 Å². The maximum Gasteiger partial charge on any atom is 0.229 e. The number of nitrogens with two attached hydrogens (primary N) is 1. The lowest BCUT2D eigenvalue weighted by Crippen LogP contribution is -2.48. The second-order valence-corrected chi connectivity index (χ2v) is 11.4. The molecule has 0 aliphatic heterocycles. The number of anilines is 1. The number of nitrogens with zero attached hydrogens (tertiary/aromatic N) is 1. The van der Waals surface area contributed by atoms with E-state index < -0.39 is 10.0 Å². The van der Waals surface area contributed by atoms with Crippen LogP contribution in [0.2, 0.25) is 0 Å². The molecule has 1 atom stereocenters. The lowest BCUT2D eigenvalue weighted by atomic mass is 9.63. The van der Waals surface area contributed by atoms with E-state index in [0.717, 1.165) is 49.0 Å². The van der Waals surface area contributed by atoms with E-state index in [1.165, 1.54) is 0 Å². The van der Waals surface area contributed by atoms with Gasteiger partial charge in [0.15, 0.2) is 0 Å². The number of hydrogen-bond acceptors (Lipinski definition) is 4. The molecule has 1 saturated carbocycles. The monoisotopic (exact) mass is 479 g/mol. The summed E-state index contributed by atoms with van der Waals surface area (Å²) in [6.45, 7) is 2.86. The molecule has 6 nitrogen and oxygen atoms in total. The van der Waals surface area contributed by atoms with Crippen LogP contribution >= 0.6 is 11.6 Å². The van der Waals surface area contributed by atoms with Crippen molar-refractivity contribution in [2.75, 3.05) is 24.1 Å². The predicted molar refractivity (Wildman–Crippen MR) is 131 cm³/mol. The molecular weight excluding hydrogens is 446 g/mol. The Morgan fingerprint density at radius 3 is 2.62 bits per heavy atom. The van der Waals surface area contributed by atoms with E-state index in [-0.39, 0.29) is 17.4 Å². The minimum absolute atomic E-state index is 0.0372. The summed E-state index contributed by atoms with van der Waals surface area (Å²) in [4.78, 5) is 14.4. The third-order valence-corrected chi connectivity index (χ3v) is 7.78. The van der Waals surface area contributed by atoms with Gasteiger partial charge in [-0.3, -0.25) is 9.52 Å². The highest BCUT2D eigenvalue weighted by molar-refractivity contribution is 7.92. The highest BCUT2D eigenvalue weighted by Crippen LogP contribution is 2.47. The molecule has 1 aromatic rings. The number of amides is 1. The normalized spacial score (nSPS) is 25.8. The van der Waals surface area contributed by atoms with Gasteiger partial charge in [-0.25, -0.2) is 8.42 Å². The minimum atomic E-state index is -3.32. The average Bonchev–Trinajstić information content (AvgIpc) is 2.73. The molecule has 2 aliphatic carbocycles. The molecular formula is C24H34ClN3O3S. The summed E-state index contributed by atoms with van der Waals surface area (Å²) in [5, 5.41) is 0.880. The largest absolute Gasteiger partial charge is 0.340 e. The molecule has 1 amide bonds. The van der Waals surface area contributed by atoms with Crippen LogP contribution in [0.5, 0.6) is 0 Å². The standard InChI is InChI=1S/C24H34ClN3O3S/c1-18(29)28(14-11-19-5-3-8-22(15-19)27-32(2,30)31)23-9-12-24(17-26,13-10-23)20-6-4-7-21(25)16-20/h3-8,15,20,23,27H,9-14,16-17,26H2,1-2H3/t20?,23-,24-. The zero-order valence-electron chi connectivity index (χ0n) is 18.9. The Kier molecular flexibility index (Phi) is 8.06. The van der Waals surface area contributed by atoms with Crippen molar-refractivity contribution in [2.45, 2.75) is 51.5 Å². The Balaban J connectivity index is 1.63. The number of hydrogen-bond donors (Lipinski definition) is 2. The van der Waals surface area contributed by atoms with E-state index in [9.17, 15) is 13.2 Å². The van der Waals surface area contributed by atoms with Crippen molar-refractivity contribution >= 4 is 33.2 Å². The van der Waals surface area contributed by atoms with Crippen molar-refractivity contribution in [3.8, 4) is 0 Å². The molecule has 0 radical (unpaired) electrons. The van der Waals surface area contributed by atoms with Crippen LogP contribution in [0.3, 0.4) is 0 Å². The van der Waals surface area contributed by atoms with Crippen LogP contribution in [0.25, 0.3) is 0 Å². The first kappa shape index (κ1) is 24.8. The topological polar surface area (TPSA) is 92.5 Å². The fourth-order valence-corrected chi connectivity index (χ4v) is 5.92. The maximum absolute atomic E-state index is 12.5. The summed E-state index contributed by atoms with van der Waals surface area (Å²) < 4.78 is 25.5. The maximum atomic E-state index is 12.5. The molecule has 8 heteroatoms. The molecule has 0 bridgehead atoms. The highest BCUT2D eigenvalue weighted by Gasteiger charge is 2.41. The van der Waals surface area contributed by atoms with Crippen molar-refractivity contribution in [3.05, 3.63) is 53.1 Å². The first-order valence-electron chi connectivity index (χ1n) is 11.2. The van der Waals surface area contributed by atoms with Gasteiger partial charge in [0.05, 0.1) is 6.26 Å². The number of halogens is 1. The first-order chi connectivity index (χ1) is 15.1. The van der Waals surface area contributed by atoms with Gasteiger partial charge in [-0.05, 0) is 80.2 Å². The summed E-state index contributed by atoms with van der Waals surface area (Å²) in [6.07, 6.45) is 12.7. The Bertz CT molecular complexity index is 982. The summed E-state index contributed by atoms with van der Waals surface area (Å²) in [5.41, 5.74) is 7.83. The van der Waals surface area contributed by atoms with Crippen molar-refractivity contribution in [3.63, 3.8) is 0 Å². The Morgan fingerprint density at radius 1 is 1.31 bits per heavy atom. The van der Waals surface area contributed by atoms with E-state index in [1.807, 2.05) is 35.3 Å². The number of rotatable bonds is 8. The lowest BCUT2D eigenvalue weighted by molar-refractivity contribution is -0.132. The number of nitrogens with one attached hydrogen (secondary N) is 1. The summed E-state index contributed by atoms with van der Waals surface area (Å²) >= 11 is 6.29. The number of carbonyl (C=O) groups is 1. The molecule has 3 N–H and O–H groups in total. The molecule has 0 heterocycles. The smallest absolute Gasteiger partial charge is 0.229 e. The van der Waals surface area contributed by atoms with E-state index in [0.29, 0.717) is 31.1 Å². The van der Waals surface area contributed by atoms with Crippen LogP contribution in [0, 0.1) is 11.3 Å². The van der Waals surface area contributed by atoms with Crippen molar-refractivity contribution < 1.29 is 13.2 Å². The van der Waals surface area contributed by atoms with Gasteiger partial charge < -0.3 is 10.6 Å². The molecule has 3 rings (SSSR count). The molecule has 2 aliphatic rings. The second kappa shape index (κ2) is 10.4. The van der Waals surface area contributed by atoms with E-state index in [1.54, 1.807) is 13.0 Å². The first-order valence-corrected chi connectivity index (χ1v) is 13.5. The van der Waals surface area contributed by atoms with Gasteiger partial charge in [0.25, 0.3) is 0 Å². The molecule has 32 heavy (non-hydrogen) atoms. The zero-order valence-corrected chi connectivity index (χ0v) is 20.5. The molecule has 1 aromatic carbocycles. The number of carbonyl (C=O) groups excluding carboxylic acids is 1. The lowest BCUT2D eigenvalue weighted by Gasteiger charge is -2.47. The van der Waals surface area contributed by atoms with Crippen LogP contribution in [0.4, 0.5) is 5.69 Å². The molecule has 176 valence electrons. The zero-order chi connectivity index (χ0) is 23.4. The second-order valence-electron chi connectivity index (χ2n) is 9.14. The van der Waals surface area contributed by atoms with Gasteiger partial charge in [-0.1, -0.05) is 35.9 Å². The van der Waals surface area contributed by atoms with Gasteiger partial charge in [0.2, 0.25) is 15.9 Å². The Morgan fingerprint density at radius 2 is 2.03 bits per heavy atom. The molecule has 0 aromatic heterocycles. The molecule has 1 fully saturated rings. The van der Waals surface area contributed by atoms with Crippen molar-refractivity contribution in [2.24, 2.45) is 17.1 Å². The van der Waals surface area contributed by atoms with Gasteiger partial charge in [0, 0.05) is 30.2 Å². The van der Waals surface area contributed by atoms with Crippen LogP contribution in [-0.2, 0) is 21.2 Å². The predicted octanol–water partition coefficient (Wildman–Crippen LogP) is 4.04. The summed E-state index contributed by atoms with van der Waals surface area (Å²) in [6, 6.07) is 7.53. The van der Waals surface area contributed by atoms with Crippen LogP contribution in [0.15, 0.2) is 47.5 Å². The van der Waals surface area contributed by atoms with Gasteiger partial charge in [-0.15, -0.1) is 0 Å². The highest BCUT2D eigenvalue weighted by atomic mass is 35.5. The molecule has 0 saturated heterocycles. The third kappa shape index (κ3) is 6.36. The summed E-state index contributed by atoms with van der Waals surface area (Å²) in [7, 11) is -3.32. The Hall–Kier alpha value is -1.83. The SMILES string of the molecule is CC(=O)N(CCc1cccc(NS(C)(=O)=O)c1)[C@H]1CC[C@](CN)(C2C=CC=C(Cl)C2)CC1. The van der Waals surface area contributed by atoms with Gasteiger partial charge >= 0.3 is 0 Å². The van der Waals surface area contributed by atoms with Crippen LogP contribution in [0.1, 0.15) is 44.6 Å². The van der Waals surface area contributed by atoms with Crippen molar-refractivity contribution in [1.29, 1.82) is 0 Å². The average molecular weight is 480 g/mol. The van der Waals surface area contributed by atoms with E-state index in [4.69, 9.17) is 17.3 Å². The van der Waals surface area contributed by atoms with E-state index >= 15 is 0 Å². The third-order valence-electron chi connectivity index (χ3n) is 6.90. The quantitative estimate of drug-likeness (QED) is 0.588. The van der Waals surface area contributed by atoms with Crippen molar-refractivity contribution in [1.82, 2.24) is 4.90 Å². The number of sulfonamides is 1.